The molecule has 2 fully saturated rings. The number of nitrogens with one attached hydrogen (secondary N) is 1. The van der Waals surface area contributed by atoms with E-state index < -0.39 is 0 Å². The van der Waals surface area contributed by atoms with Crippen LogP contribution in [0.4, 0.5) is 5.82 Å². The van der Waals surface area contributed by atoms with E-state index in [1.165, 1.54) is 32.2 Å². The number of aromatic nitrogens is 2. The lowest BCUT2D eigenvalue weighted by atomic mass is 10.2. The first kappa shape index (κ1) is 14.7. The van der Waals surface area contributed by atoms with E-state index in [4.69, 9.17) is 4.98 Å². The van der Waals surface area contributed by atoms with Crippen molar-refractivity contribution in [3.8, 4) is 0 Å². The summed E-state index contributed by atoms with van der Waals surface area (Å²) in [5, 5.41) is 3.50. The van der Waals surface area contributed by atoms with E-state index in [1.54, 1.807) is 0 Å². The average Bonchev–Trinajstić information content (AvgIpc) is 3.24. The molecule has 1 aliphatic heterocycles. The van der Waals surface area contributed by atoms with Crippen molar-refractivity contribution >= 4 is 5.82 Å². The van der Waals surface area contributed by atoms with Gasteiger partial charge in [0.1, 0.15) is 5.82 Å². The summed E-state index contributed by atoms with van der Waals surface area (Å²) in [6.45, 7) is 6.52. The van der Waals surface area contributed by atoms with Gasteiger partial charge in [0, 0.05) is 38.4 Å². The third-order valence-corrected chi connectivity index (χ3v) is 4.60. The Morgan fingerprint density at radius 2 is 2.19 bits per heavy atom. The lowest BCUT2D eigenvalue weighted by molar-refractivity contribution is 0.270. The molecule has 1 aromatic rings. The van der Waals surface area contributed by atoms with Crippen LogP contribution < -0.4 is 10.2 Å². The molecular weight excluding hydrogens is 262 g/mol. The number of anilines is 1. The van der Waals surface area contributed by atoms with Crippen LogP contribution in [0.2, 0.25) is 0 Å². The van der Waals surface area contributed by atoms with Crippen molar-refractivity contribution < 1.29 is 0 Å². The van der Waals surface area contributed by atoms with Crippen molar-refractivity contribution in [3.63, 3.8) is 0 Å². The maximum atomic E-state index is 4.75. The summed E-state index contributed by atoms with van der Waals surface area (Å²) in [6, 6.07) is 1.37. The van der Waals surface area contributed by atoms with E-state index in [2.05, 4.69) is 34.1 Å². The Hall–Kier alpha value is -1.20. The minimum atomic E-state index is 0.662. The second-order valence-corrected chi connectivity index (χ2v) is 6.33. The van der Waals surface area contributed by atoms with Crippen LogP contribution in [0.25, 0.3) is 0 Å². The third-order valence-electron chi connectivity index (χ3n) is 4.60. The van der Waals surface area contributed by atoms with E-state index in [-0.39, 0.29) is 0 Å². The fourth-order valence-electron chi connectivity index (χ4n) is 3.13. The maximum Gasteiger partial charge on any atom is 0.147 e. The van der Waals surface area contributed by atoms with Gasteiger partial charge in [-0.05, 0) is 38.8 Å². The van der Waals surface area contributed by atoms with Crippen LogP contribution in [0.3, 0.4) is 0 Å². The minimum Gasteiger partial charge on any atom is -0.357 e. The van der Waals surface area contributed by atoms with Crippen LogP contribution >= 0.6 is 0 Å². The Morgan fingerprint density at radius 3 is 2.95 bits per heavy atom. The van der Waals surface area contributed by atoms with E-state index >= 15 is 0 Å². The van der Waals surface area contributed by atoms with Crippen LogP contribution in [0.15, 0.2) is 12.4 Å². The zero-order valence-electron chi connectivity index (χ0n) is 13.3. The van der Waals surface area contributed by atoms with Gasteiger partial charge in [-0.3, -0.25) is 9.88 Å². The van der Waals surface area contributed by atoms with Crippen molar-refractivity contribution in [3.05, 3.63) is 18.1 Å². The van der Waals surface area contributed by atoms with Gasteiger partial charge in [-0.25, -0.2) is 4.98 Å². The van der Waals surface area contributed by atoms with Crippen LogP contribution in [-0.4, -0.2) is 53.6 Å². The van der Waals surface area contributed by atoms with Gasteiger partial charge in [-0.1, -0.05) is 6.92 Å². The predicted molar refractivity (Wildman–Crippen MR) is 85.4 cm³/mol. The second kappa shape index (κ2) is 6.71. The molecule has 1 unspecified atom stereocenters. The molecule has 1 saturated heterocycles. The highest BCUT2D eigenvalue weighted by Gasteiger charge is 2.24. The molecule has 1 aromatic heterocycles. The summed E-state index contributed by atoms with van der Waals surface area (Å²) in [6.07, 6.45) is 8.99. The molecule has 5 heteroatoms. The summed E-state index contributed by atoms with van der Waals surface area (Å²) < 4.78 is 0. The maximum absolute atomic E-state index is 4.75. The number of rotatable bonds is 7. The Morgan fingerprint density at radius 1 is 1.33 bits per heavy atom. The topological polar surface area (TPSA) is 44.3 Å². The van der Waals surface area contributed by atoms with Crippen molar-refractivity contribution in [2.24, 2.45) is 0 Å². The van der Waals surface area contributed by atoms with Gasteiger partial charge in [0.25, 0.3) is 0 Å². The Kier molecular flexibility index (Phi) is 4.70. The zero-order chi connectivity index (χ0) is 14.7. The average molecular weight is 289 g/mol. The second-order valence-electron chi connectivity index (χ2n) is 6.33. The quantitative estimate of drug-likeness (QED) is 0.827. The summed E-state index contributed by atoms with van der Waals surface area (Å²) in [4.78, 5) is 13.9. The first-order valence-electron chi connectivity index (χ1n) is 8.25. The van der Waals surface area contributed by atoms with Gasteiger partial charge in [0.2, 0.25) is 0 Å². The number of hydrogen-bond donors (Lipinski definition) is 1. The number of likely N-dealkylation sites (tertiary alicyclic amines) is 1. The molecule has 0 radical (unpaired) electrons. The lowest BCUT2D eigenvalue weighted by Crippen LogP contribution is -2.39. The SMILES string of the molecule is CCN1CCCC1CN(C)c1cncc(CNC2CC2)n1. The highest BCUT2D eigenvalue weighted by atomic mass is 15.2. The van der Waals surface area contributed by atoms with Crippen LogP contribution in [-0.2, 0) is 6.54 Å². The van der Waals surface area contributed by atoms with Crippen molar-refractivity contribution in [1.29, 1.82) is 0 Å². The summed E-state index contributed by atoms with van der Waals surface area (Å²) in [5.41, 5.74) is 1.05. The van der Waals surface area contributed by atoms with Gasteiger partial charge in [0.15, 0.2) is 0 Å². The molecule has 1 saturated carbocycles. The van der Waals surface area contributed by atoms with Gasteiger partial charge in [-0.2, -0.15) is 0 Å². The molecular formula is C16H27N5. The largest absolute Gasteiger partial charge is 0.357 e. The summed E-state index contributed by atoms with van der Waals surface area (Å²) in [5.74, 6) is 0.994. The molecule has 0 bridgehead atoms. The van der Waals surface area contributed by atoms with Gasteiger partial charge < -0.3 is 10.2 Å². The zero-order valence-corrected chi connectivity index (χ0v) is 13.3. The summed E-state index contributed by atoms with van der Waals surface area (Å²) in [7, 11) is 2.13. The highest BCUT2D eigenvalue weighted by molar-refractivity contribution is 5.35. The molecule has 0 aromatic carbocycles. The minimum absolute atomic E-state index is 0.662. The van der Waals surface area contributed by atoms with E-state index in [0.717, 1.165) is 31.1 Å². The molecule has 0 spiro atoms. The Balaban J connectivity index is 1.57. The third kappa shape index (κ3) is 3.92. The Bertz CT molecular complexity index is 460. The standard InChI is InChI=1S/C16H27N5/c1-3-21-8-4-5-15(21)12-20(2)16-11-17-9-14(19-16)10-18-13-6-7-13/h9,11,13,15,18H,3-8,10,12H2,1-2H3. The smallest absolute Gasteiger partial charge is 0.147 e. The molecule has 2 aliphatic rings. The Labute approximate surface area is 127 Å². The van der Waals surface area contributed by atoms with Gasteiger partial charge in [0.05, 0.1) is 11.9 Å². The highest BCUT2D eigenvalue weighted by Crippen LogP contribution is 2.20. The van der Waals surface area contributed by atoms with Crippen molar-refractivity contribution in [2.45, 2.75) is 51.2 Å². The molecule has 116 valence electrons. The van der Waals surface area contributed by atoms with Gasteiger partial charge >= 0.3 is 0 Å². The van der Waals surface area contributed by atoms with E-state index in [0.29, 0.717) is 12.1 Å². The predicted octanol–water partition coefficient (Wildman–Crippen LogP) is 1.65. The molecule has 5 nitrogen and oxygen atoms in total. The normalized spacial score (nSPS) is 22.7. The van der Waals surface area contributed by atoms with Gasteiger partial charge in [-0.15, -0.1) is 0 Å². The van der Waals surface area contributed by atoms with Crippen LogP contribution in [0, 0.1) is 0 Å². The van der Waals surface area contributed by atoms with Crippen LogP contribution in [0.1, 0.15) is 38.3 Å². The van der Waals surface area contributed by atoms with Crippen LogP contribution in [0.5, 0.6) is 0 Å². The molecule has 21 heavy (non-hydrogen) atoms. The molecule has 2 heterocycles. The van der Waals surface area contributed by atoms with Crippen molar-refractivity contribution in [1.82, 2.24) is 20.2 Å². The molecule has 1 aliphatic carbocycles. The number of likely N-dealkylation sites (N-methyl/N-ethyl adjacent to an activating group) is 2. The van der Waals surface area contributed by atoms with Crippen molar-refractivity contribution in [2.75, 3.05) is 31.6 Å². The fourth-order valence-corrected chi connectivity index (χ4v) is 3.13. The molecule has 1 N–H and O–H groups in total. The molecule has 3 rings (SSSR count). The monoisotopic (exact) mass is 289 g/mol. The summed E-state index contributed by atoms with van der Waals surface area (Å²) >= 11 is 0. The number of hydrogen-bond acceptors (Lipinski definition) is 5. The lowest BCUT2D eigenvalue weighted by Gasteiger charge is -2.28. The molecule has 0 amide bonds. The fraction of sp³-hybridized carbons (Fsp3) is 0.750. The van der Waals surface area contributed by atoms with E-state index in [1.807, 2.05) is 12.4 Å². The first-order chi connectivity index (χ1) is 10.3. The number of nitrogens with zero attached hydrogens (tertiary/aromatic N) is 4. The van der Waals surface area contributed by atoms with E-state index in [9.17, 15) is 0 Å². The molecule has 1 atom stereocenters. The first-order valence-corrected chi connectivity index (χ1v) is 8.25.